The van der Waals surface area contributed by atoms with Gasteiger partial charge in [0.05, 0.1) is 12.8 Å². The first-order chi connectivity index (χ1) is 11.7. The van der Waals surface area contributed by atoms with E-state index in [0.717, 1.165) is 28.3 Å². The second-order valence-electron chi connectivity index (χ2n) is 5.67. The molecule has 24 heavy (non-hydrogen) atoms. The topological polar surface area (TPSA) is 41.6 Å². The number of carbonyl (C=O) groups excluding carboxylic acids is 1. The van der Waals surface area contributed by atoms with Gasteiger partial charge in [-0.1, -0.05) is 37.3 Å². The van der Waals surface area contributed by atoms with Crippen molar-refractivity contribution in [3.63, 3.8) is 0 Å². The molecule has 0 fully saturated rings. The lowest BCUT2D eigenvalue weighted by molar-refractivity contribution is -0.120. The standard InChI is InChI=1S/C20H22N2O2/c1-3-20(23)21-12-13-22-18-7-5-4-6-15(18)8-9-16-10-11-17(24-2)14-19(16)22/h4-11,14H,3,12-13H2,1-2H3,(H,21,23). The van der Waals surface area contributed by atoms with Crippen LogP contribution in [0.15, 0.2) is 42.5 Å². The van der Waals surface area contributed by atoms with Crippen LogP contribution in [-0.2, 0) is 4.79 Å². The lowest BCUT2D eigenvalue weighted by Gasteiger charge is -2.27. The van der Waals surface area contributed by atoms with E-state index in [4.69, 9.17) is 4.74 Å². The van der Waals surface area contributed by atoms with E-state index in [1.165, 1.54) is 0 Å². The molecule has 2 aromatic rings. The van der Waals surface area contributed by atoms with Crippen LogP contribution in [0, 0.1) is 0 Å². The molecule has 0 aliphatic carbocycles. The first-order valence-corrected chi connectivity index (χ1v) is 8.22. The van der Waals surface area contributed by atoms with Crippen LogP contribution < -0.4 is 15.0 Å². The van der Waals surface area contributed by atoms with Crippen molar-refractivity contribution in [2.45, 2.75) is 13.3 Å². The van der Waals surface area contributed by atoms with E-state index in [1.54, 1.807) is 7.11 Å². The van der Waals surface area contributed by atoms with Gasteiger partial charge in [-0.05, 0) is 29.3 Å². The Kier molecular flexibility index (Phi) is 4.85. The first-order valence-electron chi connectivity index (χ1n) is 8.22. The number of anilines is 2. The molecule has 1 aliphatic rings. The molecule has 1 heterocycles. The fourth-order valence-electron chi connectivity index (χ4n) is 2.88. The van der Waals surface area contributed by atoms with Gasteiger partial charge in [0.2, 0.25) is 5.91 Å². The van der Waals surface area contributed by atoms with Crippen LogP contribution in [0.3, 0.4) is 0 Å². The molecule has 0 spiro atoms. The molecule has 4 nitrogen and oxygen atoms in total. The second-order valence-corrected chi connectivity index (χ2v) is 5.67. The average molecular weight is 322 g/mol. The third kappa shape index (κ3) is 3.27. The van der Waals surface area contributed by atoms with Crippen LogP contribution in [0.2, 0.25) is 0 Å². The summed E-state index contributed by atoms with van der Waals surface area (Å²) >= 11 is 0. The highest BCUT2D eigenvalue weighted by Gasteiger charge is 2.18. The van der Waals surface area contributed by atoms with E-state index >= 15 is 0 Å². The zero-order valence-electron chi connectivity index (χ0n) is 14.1. The normalized spacial score (nSPS) is 12.2. The monoisotopic (exact) mass is 322 g/mol. The van der Waals surface area contributed by atoms with Gasteiger partial charge in [0, 0.05) is 31.3 Å². The van der Waals surface area contributed by atoms with Gasteiger partial charge in [-0.25, -0.2) is 0 Å². The van der Waals surface area contributed by atoms with E-state index in [-0.39, 0.29) is 5.91 Å². The van der Waals surface area contributed by atoms with E-state index < -0.39 is 0 Å². The maximum absolute atomic E-state index is 11.6. The van der Waals surface area contributed by atoms with Gasteiger partial charge in [-0.15, -0.1) is 0 Å². The molecule has 0 aromatic heterocycles. The van der Waals surface area contributed by atoms with Gasteiger partial charge in [0.1, 0.15) is 5.75 Å². The number of para-hydroxylation sites is 1. The highest BCUT2D eigenvalue weighted by Crippen LogP contribution is 2.37. The van der Waals surface area contributed by atoms with Crippen LogP contribution >= 0.6 is 0 Å². The first kappa shape index (κ1) is 16.1. The fraction of sp³-hybridized carbons (Fsp3) is 0.250. The number of ether oxygens (including phenoxy) is 1. The van der Waals surface area contributed by atoms with Crippen molar-refractivity contribution in [2.75, 3.05) is 25.1 Å². The van der Waals surface area contributed by atoms with Crippen LogP contribution in [0.1, 0.15) is 24.5 Å². The zero-order chi connectivity index (χ0) is 16.9. The van der Waals surface area contributed by atoms with Crippen molar-refractivity contribution >= 4 is 29.4 Å². The Morgan fingerprint density at radius 2 is 1.83 bits per heavy atom. The number of fused-ring (bicyclic) bond motifs is 2. The summed E-state index contributed by atoms with van der Waals surface area (Å²) in [4.78, 5) is 13.8. The van der Waals surface area contributed by atoms with E-state index in [0.29, 0.717) is 19.5 Å². The van der Waals surface area contributed by atoms with Crippen molar-refractivity contribution in [3.8, 4) is 5.75 Å². The van der Waals surface area contributed by atoms with Crippen LogP contribution in [0.5, 0.6) is 5.75 Å². The average Bonchev–Trinajstić information content (AvgIpc) is 2.78. The molecule has 1 aliphatic heterocycles. The van der Waals surface area contributed by atoms with Gasteiger partial charge in [0.25, 0.3) is 0 Å². The zero-order valence-corrected chi connectivity index (χ0v) is 14.1. The smallest absolute Gasteiger partial charge is 0.219 e. The van der Waals surface area contributed by atoms with E-state index in [2.05, 4.69) is 40.6 Å². The Hall–Kier alpha value is -2.75. The van der Waals surface area contributed by atoms with Crippen molar-refractivity contribution < 1.29 is 9.53 Å². The molecule has 0 unspecified atom stereocenters. The third-order valence-corrected chi connectivity index (χ3v) is 4.18. The predicted octanol–water partition coefficient (Wildman–Crippen LogP) is 3.84. The summed E-state index contributed by atoms with van der Waals surface area (Å²) in [7, 11) is 1.67. The maximum Gasteiger partial charge on any atom is 0.219 e. The number of hydrogen-bond donors (Lipinski definition) is 1. The lowest BCUT2D eigenvalue weighted by Crippen LogP contribution is -2.32. The molecular formula is C20H22N2O2. The highest BCUT2D eigenvalue weighted by atomic mass is 16.5. The molecule has 2 aromatic carbocycles. The number of rotatable bonds is 5. The van der Waals surface area contributed by atoms with Gasteiger partial charge in [-0.2, -0.15) is 0 Å². The Morgan fingerprint density at radius 1 is 1.08 bits per heavy atom. The molecule has 0 radical (unpaired) electrons. The highest BCUT2D eigenvalue weighted by molar-refractivity contribution is 5.89. The van der Waals surface area contributed by atoms with Gasteiger partial charge in [-0.3, -0.25) is 4.79 Å². The molecule has 0 saturated heterocycles. The Labute approximate surface area is 142 Å². The molecule has 0 saturated carbocycles. The molecule has 1 amide bonds. The summed E-state index contributed by atoms with van der Waals surface area (Å²) in [6.45, 7) is 3.16. The molecule has 0 bridgehead atoms. The second kappa shape index (κ2) is 7.21. The number of methoxy groups -OCH3 is 1. The van der Waals surface area contributed by atoms with Gasteiger partial charge in [0.15, 0.2) is 0 Å². The molecular weight excluding hydrogens is 300 g/mol. The quantitative estimate of drug-likeness (QED) is 0.909. The Balaban J connectivity index is 1.98. The Morgan fingerprint density at radius 3 is 2.58 bits per heavy atom. The Bertz CT molecular complexity index is 768. The van der Waals surface area contributed by atoms with E-state index in [9.17, 15) is 4.79 Å². The number of benzene rings is 2. The maximum atomic E-state index is 11.6. The molecule has 124 valence electrons. The van der Waals surface area contributed by atoms with Crippen LogP contribution in [-0.4, -0.2) is 26.1 Å². The molecule has 4 heteroatoms. The third-order valence-electron chi connectivity index (χ3n) is 4.18. The van der Waals surface area contributed by atoms with E-state index in [1.807, 2.05) is 31.2 Å². The van der Waals surface area contributed by atoms with Crippen molar-refractivity contribution in [3.05, 3.63) is 53.6 Å². The van der Waals surface area contributed by atoms with Gasteiger partial charge < -0.3 is 15.0 Å². The van der Waals surface area contributed by atoms with Crippen LogP contribution in [0.4, 0.5) is 11.4 Å². The SMILES string of the molecule is CCC(=O)NCCN1c2ccccc2C=Cc2ccc(OC)cc21. The predicted molar refractivity (Wildman–Crippen MR) is 98.7 cm³/mol. The largest absolute Gasteiger partial charge is 0.497 e. The summed E-state index contributed by atoms with van der Waals surface area (Å²) in [6.07, 6.45) is 4.76. The fourth-order valence-corrected chi connectivity index (χ4v) is 2.88. The summed E-state index contributed by atoms with van der Waals surface area (Å²) in [5.74, 6) is 0.895. The number of hydrogen-bond acceptors (Lipinski definition) is 3. The van der Waals surface area contributed by atoms with Gasteiger partial charge >= 0.3 is 0 Å². The lowest BCUT2D eigenvalue weighted by atomic mass is 10.1. The summed E-state index contributed by atoms with van der Waals surface area (Å²) in [6, 6.07) is 14.4. The summed E-state index contributed by atoms with van der Waals surface area (Å²) in [5, 5.41) is 2.96. The minimum absolute atomic E-state index is 0.0714. The molecule has 1 N–H and O–H groups in total. The van der Waals surface area contributed by atoms with Crippen molar-refractivity contribution in [1.29, 1.82) is 0 Å². The van der Waals surface area contributed by atoms with Crippen molar-refractivity contribution in [1.82, 2.24) is 5.32 Å². The number of nitrogens with one attached hydrogen (secondary N) is 1. The molecule has 3 rings (SSSR count). The summed E-state index contributed by atoms with van der Waals surface area (Å²) < 4.78 is 5.40. The van der Waals surface area contributed by atoms with Crippen LogP contribution in [0.25, 0.3) is 12.2 Å². The number of amides is 1. The number of nitrogens with zero attached hydrogens (tertiary/aromatic N) is 1. The minimum Gasteiger partial charge on any atom is -0.497 e. The molecule has 0 atom stereocenters. The minimum atomic E-state index is 0.0714. The van der Waals surface area contributed by atoms with Crippen molar-refractivity contribution in [2.24, 2.45) is 0 Å². The number of carbonyl (C=O) groups is 1. The summed E-state index contributed by atoms with van der Waals surface area (Å²) in [5.41, 5.74) is 4.51.